The summed E-state index contributed by atoms with van der Waals surface area (Å²) in [7, 11) is 0. The van der Waals surface area contributed by atoms with Crippen molar-refractivity contribution >= 4 is 17.5 Å². The van der Waals surface area contributed by atoms with Crippen LogP contribution < -0.4 is 10.1 Å². The molecule has 0 unspecified atom stereocenters. The van der Waals surface area contributed by atoms with E-state index in [1.54, 1.807) is 24.3 Å². The van der Waals surface area contributed by atoms with Crippen LogP contribution in [0.15, 0.2) is 30.3 Å². The quantitative estimate of drug-likeness (QED) is 0.795. The minimum absolute atomic E-state index is 0.117. The Balaban J connectivity index is 1.74. The van der Waals surface area contributed by atoms with E-state index in [1.807, 2.05) is 19.1 Å². The molecule has 7 heteroatoms. The third-order valence-electron chi connectivity index (χ3n) is 5.74. The molecule has 0 atom stereocenters. The highest BCUT2D eigenvalue weighted by Crippen LogP contribution is 2.55. The number of hydrogen-bond acceptors (Lipinski definition) is 5. The number of amides is 1. The van der Waals surface area contributed by atoms with Gasteiger partial charge in [-0.25, -0.2) is 0 Å². The third-order valence-corrected chi connectivity index (χ3v) is 6.06. The molecular formula is C22H25ClN4O2. The fourth-order valence-corrected chi connectivity index (χ4v) is 4.68. The second-order valence-corrected chi connectivity index (χ2v) is 8.97. The number of carbonyl (C=O) groups excluding carboxylic acids is 1. The molecule has 0 aliphatic heterocycles. The molecule has 1 aromatic heterocycles. The first kappa shape index (κ1) is 21.1. The highest BCUT2D eigenvalue weighted by molar-refractivity contribution is 6.31. The van der Waals surface area contributed by atoms with Crippen molar-refractivity contribution in [2.24, 2.45) is 10.8 Å². The van der Waals surface area contributed by atoms with E-state index in [1.165, 1.54) is 0 Å². The summed E-state index contributed by atoms with van der Waals surface area (Å²) in [5.41, 5.74) is 0.913. The van der Waals surface area contributed by atoms with Crippen LogP contribution in [-0.4, -0.2) is 28.3 Å². The van der Waals surface area contributed by atoms with Gasteiger partial charge in [0.2, 0.25) is 0 Å². The van der Waals surface area contributed by atoms with E-state index in [-0.39, 0.29) is 28.9 Å². The summed E-state index contributed by atoms with van der Waals surface area (Å²) in [6.07, 6.45) is 0.619. The second kappa shape index (κ2) is 7.64. The SMILES string of the molecule is CCc1ccc(C(=O)N[C@H]2C(C)(C)[C@H](Oc3ccc(C#N)c(Cl)c3)C2(C)C)nn1. The standard InChI is InChI=1S/C22H25ClN4O2/c1-6-14-8-10-17(27-26-14)18(28)25-19-21(2,3)20(22(19,4)5)29-15-9-7-13(12-24)16(23)11-15/h7-11,19-20H,6H2,1-5H3,(H,25,28)/t19-,20-. The lowest BCUT2D eigenvalue weighted by Crippen LogP contribution is -2.74. The first-order valence-corrected chi connectivity index (χ1v) is 9.98. The zero-order chi connectivity index (χ0) is 21.4. The lowest BCUT2D eigenvalue weighted by Gasteiger charge is -2.63. The number of hydrogen-bond donors (Lipinski definition) is 1. The fraction of sp³-hybridized carbons (Fsp3) is 0.455. The van der Waals surface area contributed by atoms with E-state index < -0.39 is 0 Å². The lowest BCUT2D eigenvalue weighted by atomic mass is 9.49. The van der Waals surface area contributed by atoms with Gasteiger partial charge in [-0.15, -0.1) is 5.10 Å². The summed E-state index contributed by atoms with van der Waals surface area (Å²) in [4.78, 5) is 12.7. The van der Waals surface area contributed by atoms with Crippen molar-refractivity contribution in [2.45, 2.75) is 53.2 Å². The predicted molar refractivity (Wildman–Crippen MR) is 111 cm³/mol. The molecule has 1 amide bonds. The zero-order valence-electron chi connectivity index (χ0n) is 17.3. The van der Waals surface area contributed by atoms with Crippen LogP contribution in [0.3, 0.4) is 0 Å². The molecule has 1 aliphatic carbocycles. The summed E-state index contributed by atoms with van der Waals surface area (Å²) in [6, 6.07) is 10.5. The molecule has 2 aromatic rings. The topological polar surface area (TPSA) is 87.9 Å². The van der Waals surface area contributed by atoms with Crippen molar-refractivity contribution in [3.63, 3.8) is 0 Å². The van der Waals surface area contributed by atoms with Gasteiger partial charge in [0.25, 0.3) is 5.91 Å². The van der Waals surface area contributed by atoms with Gasteiger partial charge in [0.1, 0.15) is 17.9 Å². The van der Waals surface area contributed by atoms with Crippen LogP contribution in [0.2, 0.25) is 5.02 Å². The van der Waals surface area contributed by atoms with Gasteiger partial charge in [-0.2, -0.15) is 10.4 Å². The van der Waals surface area contributed by atoms with E-state index in [4.69, 9.17) is 21.6 Å². The van der Waals surface area contributed by atoms with Gasteiger partial charge < -0.3 is 10.1 Å². The van der Waals surface area contributed by atoms with Crippen LogP contribution >= 0.6 is 11.6 Å². The third kappa shape index (κ3) is 3.79. The van der Waals surface area contributed by atoms with E-state index >= 15 is 0 Å². The summed E-state index contributed by atoms with van der Waals surface area (Å²) in [5.74, 6) is 0.358. The van der Waals surface area contributed by atoms with Gasteiger partial charge in [-0.05, 0) is 30.7 Å². The Morgan fingerprint density at radius 2 is 1.90 bits per heavy atom. The van der Waals surface area contributed by atoms with Crippen LogP contribution in [0.1, 0.15) is 56.4 Å². The minimum atomic E-state index is -0.323. The number of benzene rings is 1. The van der Waals surface area contributed by atoms with Crippen LogP contribution in [0.25, 0.3) is 0 Å². The molecule has 1 fully saturated rings. The molecule has 1 aromatic carbocycles. The Morgan fingerprint density at radius 1 is 1.21 bits per heavy atom. The van der Waals surface area contributed by atoms with E-state index in [0.29, 0.717) is 22.0 Å². The van der Waals surface area contributed by atoms with Crippen LogP contribution in [0.4, 0.5) is 0 Å². The normalized spacial score (nSPS) is 21.6. The number of rotatable bonds is 5. The minimum Gasteiger partial charge on any atom is -0.489 e. The van der Waals surface area contributed by atoms with Gasteiger partial charge in [-0.1, -0.05) is 46.2 Å². The summed E-state index contributed by atoms with van der Waals surface area (Å²) >= 11 is 6.13. The number of nitrogens with one attached hydrogen (secondary N) is 1. The van der Waals surface area contributed by atoms with Gasteiger partial charge in [0.15, 0.2) is 5.69 Å². The Labute approximate surface area is 176 Å². The maximum absolute atomic E-state index is 12.7. The zero-order valence-corrected chi connectivity index (χ0v) is 18.0. The predicted octanol–water partition coefficient (Wildman–Crippen LogP) is 4.18. The largest absolute Gasteiger partial charge is 0.489 e. The van der Waals surface area contributed by atoms with Crippen molar-refractivity contribution in [3.05, 3.63) is 52.3 Å². The molecule has 6 nitrogen and oxygen atoms in total. The molecule has 0 spiro atoms. The number of aryl methyl sites for hydroxylation is 1. The van der Waals surface area contributed by atoms with Gasteiger partial charge in [0, 0.05) is 22.9 Å². The summed E-state index contributed by atoms with van der Waals surface area (Å²) < 4.78 is 6.24. The molecule has 3 rings (SSSR count). The van der Waals surface area contributed by atoms with Crippen molar-refractivity contribution in [1.29, 1.82) is 5.26 Å². The first-order valence-electron chi connectivity index (χ1n) is 9.61. The Kier molecular flexibility index (Phi) is 5.55. The molecule has 0 bridgehead atoms. The molecule has 1 aliphatic rings. The van der Waals surface area contributed by atoms with Crippen molar-refractivity contribution in [2.75, 3.05) is 0 Å². The smallest absolute Gasteiger partial charge is 0.272 e. The highest BCUT2D eigenvalue weighted by Gasteiger charge is 2.64. The molecule has 1 N–H and O–H groups in total. The Bertz CT molecular complexity index is 948. The Hall–Kier alpha value is -2.65. The molecule has 1 saturated carbocycles. The van der Waals surface area contributed by atoms with Crippen molar-refractivity contribution in [1.82, 2.24) is 15.5 Å². The molecule has 152 valence electrons. The molecule has 1 heterocycles. The van der Waals surface area contributed by atoms with E-state index in [9.17, 15) is 4.79 Å². The molecule has 0 radical (unpaired) electrons. The van der Waals surface area contributed by atoms with E-state index in [0.717, 1.165) is 12.1 Å². The Morgan fingerprint density at radius 3 is 2.41 bits per heavy atom. The van der Waals surface area contributed by atoms with Gasteiger partial charge in [-0.3, -0.25) is 4.79 Å². The van der Waals surface area contributed by atoms with Crippen LogP contribution in [0, 0.1) is 22.2 Å². The molecule has 0 saturated heterocycles. The number of aromatic nitrogens is 2. The van der Waals surface area contributed by atoms with Gasteiger partial charge >= 0.3 is 0 Å². The van der Waals surface area contributed by atoms with Crippen LogP contribution in [-0.2, 0) is 6.42 Å². The molecule has 29 heavy (non-hydrogen) atoms. The maximum Gasteiger partial charge on any atom is 0.272 e. The fourth-order valence-electron chi connectivity index (χ4n) is 4.47. The maximum atomic E-state index is 12.7. The average Bonchev–Trinajstić information content (AvgIpc) is 2.69. The highest BCUT2D eigenvalue weighted by atomic mass is 35.5. The first-order chi connectivity index (χ1) is 13.6. The van der Waals surface area contributed by atoms with Crippen molar-refractivity contribution < 1.29 is 9.53 Å². The summed E-state index contributed by atoms with van der Waals surface area (Å²) in [5, 5.41) is 20.6. The number of carbonyl (C=O) groups is 1. The number of ether oxygens (including phenoxy) is 1. The molecular weight excluding hydrogens is 388 g/mol. The lowest BCUT2D eigenvalue weighted by molar-refractivity contribution is -0.164. The number of nitrogens with zero attached hydrogens (tertiary/aromatic N) is 3. The van der Waals surface area contributed by atoms with Gasteiger partial charge in [0.05, 0.1) is 16.3 Å². The van der Waals surface area contributed by atoms with Crippen molar-refractivity contribution in [3.8, 4) is 11.8 Å². The number of halogens is 1. The number of nitriles is 1. The summed E-state index contributed by atoms with van der Waals surface area (Å²) in [6.45, 7) is 10.2. The van der Waals surface area contributed by atoms with Crippen LogP contribution in [0.5, 0.6) is 5.75 Å². The second-order valence-electron chi connectivity index (χ2n) is 8.56. The average molecular weight is 413 g/mol. The van der Waals surface area contributed by atoms with E-state index in [2.05, 4.69) is 43.2 Å². The monoisotopic (exact) mass is 412 g/mol.